The third-order valence-corrected chi connectivity index (χ3v) is 4.39. The van der Waals surface area contributed by atoms with E-state index >= 15 is 0 Å². The molecule has 0 saturated heterocycles. The minimum Gasteiger partial charge on any atom is -0.323 e. The fraction of sp³-hybridized carbons (Fsp3) is 0.400. The Kier molecular flexibility index (Phi) is 3.46. The fourth-order valence-corrected chi connectivity index (χ4v) is 3.50. The number of rotatable bonds is 2. The topological polar surface area (TPSA) is 50.9 Å². The van der Waals surface area contributed by atoms with E-state index < -0.39 is 0 Å². The number of aromatic nitrogens is 1. The van der Waals surface area contributed by atoms with Crippen LogP contribution in [0.1, 0.15) is 36.6 Å². The summed E-state index contributed by atoms with van der Waals surface area (Å²) in [5, 5.41) is 1.13. The molecule has 1 aliphatic carbocycles. The predicted octanol–water partition coefficient (Wildman–Crippen LogP) is 3.72. The van der Waals surface area contributed by atoms with Crippen molar-refractivity contribution in [1.82, 2.24) is 4.98 Å². The Balaban J connectivity index is 2.39. The predicted molar refractivity (Wildman–Crippen MR) is 83.3 cm³/mol. The summed E-state index contributed by atoms with van der Waals surface area (Å²) in [5.41, 5.74) is 8.88. The van der Waals surface area contributed by atoms with Gasteiger partial charge >= 0.3 is 0 Å². The minimum absolute atomic E-state index is 0.978. The van der Waals surface area contributed by atoms with Gasteiger partial charge in [0.15, 0.2) is 0 Å². The van der Waals surface area contributed by atoms with E-state index in [4.69, 9.17) is 10.8 Å². The second-order valence-corrected chi connectivity index (χ2v) is 5.99. The van der Waals surface area contributed by atoms with E-state index in [9.17, 15) is 0 Å². The van der Waals surface area contributed by atoms with Crippen molar-refractivity contribution in [3.63, 3.8) is 0 Å². The Morgan fingerprint density at radius 2 is 2.11 bits per heavy atom. The number of hydrazine groups is 1. The number of pyridine rings is 1. The van der Waals surface area contributed by atoms with Gasteiger partial charge in [-0.1, -0.05) is 22.9 Å². The van der Waals surface area contributed by atoms with Crippen molar-refractivity contribution in [2.45, 2.75) is 39.0 Å². The highest BCUT2D eigenvalue weighted by atomic mass is 79.9. The second-order valence-electron chi connectivity index (χ2n) is 5.08. The smallest absolute Gasteiger partial charge is 0.0759 e. The summed E-state index contributed by atoms with van der Waals surface area (Å²) < 4.78 is 1.09. The molecule has 1 aromatic carbocycles. The molecule has 0 unspecified atom stereocenters. The standard InChI is InChI=1S/C15H18BrN3/c1-2-9-7-10(16)8-12-14(9)18-13-6-4-3-5-11(13)15(12)19-17/h7-8H,2-6,17H2,1H3,(H,18,19). The van der Waals surface area contributed by atoms with Crippen LogP contribution < -0.4 is 11.3 Å². The van der Waals surface area contributed by atoms with Gasteiger partial charge < -0.3 is 5.43 Å². The summed E-state index contributed by atoms with van der Waals surface area (Å²) in [7, 11) is 0. The number of nitrogens with two attached hydrogens (primary N) is 1. The van der Waals surface area contributed by atoms with E-state index in [0.717, 1.165) is 40.3 Å². The first-order chi connectivity index (χ1) is 9.24. The van der Waals surface area contributed by atoms with E-state index in [-0.39, 0.29) is 0 Å². The Bertz CT molecular complexity index is 637. The summed E-state index contributed by atoms with van der Waals surface area (Å²) in [4.78, 5) is 4.92. The maximum atomic E-state index is 5.79. The lowest BCUT2D eigenvalue weighted by Gasteiger charge is -2.21. The number of anilines is 1. The van der Waals surface area contributed by atoms with Crippen LogP contribution in [-0.2, 0) is 19.3 Å². The maximum absolute atomic E-state index is 5.79. The molecule has 0 amide bonds. The van der Waals surface area contributed by atoms with Crippen molar-refractivity contribution in [2.24, 2.45) is 5.84 Å². The molecule has 3 N–H and O–H groups in total. The SMILES string of the molecule is CCc1cc(Br)cc2c(NN)c3c(nc12)CCCC3. The van der Waals surface area contributed by atoms with Crippen LogP contribution in [0.15, 0.2) is 16.6 Å². The van der Waals surface area contributed by atoms with Gasteiger partial charge in [0.05, 0.1) is 11.2 Å². The zero-order valence-corrected chi connectivity index (χ0v) is 12.7. The average Bonchev–Trinajstić information content (AvgIpc) is 2.44. The largest absolute Gasteiger partial charge is 0.323 e. The number of benzene rings is 1. The van der Waals surface area contributed by atoms with Gasteiger partial charge in [0.1, 0.15) is 0 Å². The molecular formula is C15H18BrN3. The van der Waals surface area contributed by atoms with Gasteiger partial charge in [-0.25, -0.2) is 0 Å². The summed E-state index contributed by atoms with van der Waals surface area (Å²) in [6, 6.07) is 4.27. The van der Waals surface area contributed by atoms with Crippen molar-refractivity contribution in [3.05, 3.63) is 33.4 Å². The number of fused-ring (bicyclic) bond motifs is 2. The molecule has 1 aromatic heterocycles. The van der Waals surface area contributed by atoms with E-state index in [1.807, 2.05) is 0 Å². The van der Waals surface area contributed by atoms with Crippen LogP contribution >= 0.6 is 15.9 Å². The first-order valence-corrected chi connectivity index (χ1v) is 7.64. The molecule has 0 aliphatic heterocycles. The highest BCUT2D eigenvalue weighted by Gasteiger charge is 2.19. The summed E-state index contributed by atoms with van der Waals surface area (Å²) in [6.07, 6.45) is 5.58. The molecule has 0 radical (unpaired) electrons. The molecule has 3 rings (SSSR count). The van der Waals surface area contributed by atoms with Crippen LogP contribution in [0, 0.1) is 0 Å². The van der Waals surface area contributed by atoms with Gasteiger partial charge in [-0.05, 0) is 55.4 Å². The van der Waals surface area contributed by atoms with Crippen LogP contribution in [0.2, 0.25) is 0 Å². The number of nitrogens with one attached hydrogen (secondary N) is 1. The van der Waals surface area contributed by atoms with Crippen molar-refractivity contribution in [3.8, 4) is 0 Å². The van der Waals surface area contributed by atoms with Crippen LogP contribution in [0.25, 0.3) is 10.9 Å². The number of halogens is 1. The Hall–Kier alpha value is -1.13. The monoisotopic (exact) mass is 319 g/mol. The molecule has 0 fully saturated rings. The number of hydrogen-bond donors (Lipinski definition) is 2. The van der Waals surface area contributed by atoms with Crippen LogP contribution in [-0.4, -0.2) is 4.98 Å². The van der Waals surface area contributed by atoms with Crippen molar-refractivity contribution in [1.29, 1.82) is 0 Å². The second kappa shape index (κ2) is 5.10. The molecule has 0 atom stereocenters. The van der Waals surface area contributed by atoms with Crippen LogP contribution in [0.5, 0.6) is 0 Å². The maximum Gasteiger partial charge on any atom is 0.0759 e. The van der Waals surface area contributed by atoms with Gasteiger partial charge in [0.25, 0.3) is 0 Å². The molecule has 100 valence electrons. The molecular weight excluding hydrogens is 302 g/mol. The molecule has 2 aromatic rings. The van der Waals surface area contributed by atoms with Crippen LogP contribution in [0.4, 0.5) is 5.69 Å². The van der Waals surface area contributed by atoms with E-state index in [1.54, 1.807) is 0 Å². The Morgan fingerprint density at radius 1 is 1.32 bits per heavy atom. The van der Waals surface area contributed by atoms with Crippen molar-refractivity contribution < 1.29 is 0 Å². The summed E-state index contributed by atoms with van der Waals surface area (Å²) >= 11 is 3.59. The number of hydrogen-bond acceptors (Lipinski definition) is 3. The van der Waals surface area contributed by atoms with Gasteiger partial charge in [-0.2, -0.15) is 0 Å². The highest BCUT2D eigenvalue weighted by Crippen LogP contribution is 2.35. The number of nitrogen functional groups attached to an aromatic ring is 1. The molecule has 1 aliphatic rings. The molecule has 19 heavy (non-hydrogen) atoms. The quantitative estimate of drug-likeness (QED) is 0.655. The molecule has 4 heteroatoms. The van der Waals surface area contributed by atoms with E-state index in [1.165, 1.54) is 29.7 Å². The molecule has 0 bridgehead atoms. The summed E-state index contributed by atoms with van der Waals surface area (Å²) in [5.74, 6) is 5.79. The first-order valence-electron chi connectivity index (χ1n) is 6.85. The molecule has 1 heterocycles. The lowest BCUT2D eigenvalue weighted by Crippen LogP contribution is -2.15. The Morgan fingerprint density at radius 3 is 2.84 bits per heavy atom. The third-order valence-electron chi connectivity index (χ3n) is 3.94. The normalized spacial score (nSPS) is 14.5. The Labute approximate surface area is 121 Å². The number of nitrogens with zero attached hydrogens (tertiary/aromatic N) is 1. The highest BCUT2D eigenvalue weighted by molar-refractivity contribution is 9.10. The van der Waals surface area contributed by atoms with E-state index in [0.29, 0.717) is 0 Å². The van der Waals surface area contributed by atoms with Gasteiger partial charge in [0, 0.05) is 15.6 Å². The molecule has 3 nitrogen and oxygen atoms in total. The zero-order valence-electron chi connectivity index (χ0n) is 11.1. The average molecular weight is 320 g/mol. The summed E-state index contributed by atoms with van der Waals surface area (Å²) in [6.45, 7) is 2.16. The zero-order chi connectivity index (χ0) is 13.4. The lowest BCUT2D eigenvalue weighted by molar-refractivity contribution is 0.672. The molecule has 0 saturated carbocycles. The first kappa shape index (κ1) is 12.9. The van der Waals surface area contributed by atoms with Crippen LogP contribution in [0.3, 0.4) is 0 Å². The molecule has 0 spiro atoms. The van der Waals surface area contributed by atoms with Gasteiger partial charge in [-0.15, -0.1) is 0 Å². The van der Waals surface area contributed by atoms with Crippen molar-refractivity contribution >= 4 is 32.5 Å². The minimum atomic E-state index is 0.978. The van der Waals surface area contributed by atoms with Crippen molar-refractivity contribution in [2.75, 3.05) is 5.43 Å². The van der Waals surface area contributed by atoms with E-state index in [2.05, 4.69) is 40.4 Å². The van der Waals surface area contributed by atoms with Gasteiger partial charge in [0.2, 0.25) is 0 Å². The van der Waals surface area contributed by atoms with Gasteiger partial charge in [-0.3, -0.25) is 10.8 Å². The fourth-order valence-electron chi connectivity index (χ4n) is 2.99. The number of aryl methyl sites for hydroxylation is 2. The third kappa shape index (κ3) is 2.13. The lowest BCUT2D eigenvalue weighted by atomic mass is 9.92.